The van der Waals surface area contributed by atoms with E-state index in [1.165, 1.54) is 11.8 Å². The van der Waals surface area contributed by atoms with Gasteiger partial charge in [0.1, 0.15) is 0 Å². The molecule has 1 aromatic carbocycles. The van der Waals surface area contributed by atoms with Crippen LogP contribution in [0.1, 0.15) is 23.0 Å². The number of rotatable bonds is 8. The number of aryl methyl sites for hydroxylation is 1. The summed E-state index contributed by atoms with van der Waals surface area (Å²) >= 11 is 0. The van der Waals surface area contributed by atoms with E-state index in [1.807, 2.05) is 6.07 Å². The quantitative estimate of drug-likeness (QED) is 0.776. The lowest BCUT2D eigenvalue weighted by Crippen LogP contribution is -2.40. The number of carbonyl (C=O) groups excluding carboxylic acids is 2. The molecular weight excluding hydrogens is 306 g/mol. The van der Waals surface area contributed by atoms with Gasteiger partial charge in [0.15, 0.2) is 5.76 Å². The molecular formula is C18H23N3O3. The zero-order chi connectivity index (χ0) is 17.4. The van der Waals surface area contributed by atoms with Crippen LogP contribution in [0.15, 0.2) is 47.1 Å². The number of furan rings is 1. The maximum Gasteiger partial charge on any atom is 0.287 e. The Kier molecular flexibility index (Phi) is 6.42. The average Bonchev–Trinajstić information content (AvgIpc) is 3.11. The number of amides is 2. The molecule has 0 radical (unpaired) electrons. The van der Waals surface area contributed by atoms with Gasteiger partial charge in [-0.25, -0.2) is 0 Å². The van der Waals surface area contributed by atoms with E-state index in [4.69, 9.17) is 4.42 Å². The molecule has 0 saturated carbocycles. The predicted molar refractivity (Wildman–Crippen MR) is 93.1 cm³/mol. The third-order valence-corrected chi connectivity index (χ3v) is 3.61. The van der Waals surface area contributed by atoms with E-state index in [9.17, 15) is 9.59 Å². The number of benzene rings is 1. The van der Waals surface area contributed by atoms with E-state index in [2.05, 4.69) is 47.6 Å². The fraction of sp³-hybridized carbons (Fsp3) is 0.333. The summed E-state index contributed by atoms with van der Waals surface area (Å²) in [7, 11) is 0. The Morgan fingerprint density at radius 2 is 2.00 bits per heavy atom. The van der Waals surface area contributed by atoms with Gasteiger partial charge in [-0.1, -0.05) is 12.1 Å². The summed E-state index contributed by atoms with van der Waals surface area (Å²) in [6.45, 7) is 6.13. The molecule has 0 unspecified atom stereocenters. The van der Waals surface area contributed by atoms with Crippen LogP contribution >= 0.6 is 0 Å². The molecule has 2 rings (SSSR count). The molecule has 1 heterocycles. The summed E-state index contributed by atoms with van der Waals surface area (Å²) in [6, 6.07) is 11.4. The number of likely N-dealkylation sites (N-methyl/N-ethyl adjacent to an activating group) is 1. The second-order valence-electron chi connectivity index (χ2n) is 5.43. The number of anilines is 1. The lowest BCUT2D eigenvalue weighted by Gasteiger charge is -2.23. The molecule has 0 saturated heterocycles. The third kappa shape index (κ3) is 5.15. The molecule has 0 atom stereocenters. The maximum absolute atomic E-state index is 11.8. The standard InChI is InChI=1S/C18H23N3O3/c1-3-21(15-7-4-6-14(2)12-15)10-9-19-17(22)13-20-18(23)16-8-5-11-24-16/h4-8,11-12H,3,9-10,13H2,1-2H3,(H,19,22)(H,20,23). The monoisotopic (exact) mass is 329 g/mol. The van der Waals surface area contributed by atoms with Crippen molar-refractivity contribution in [2.75, 3.05) is 31.1 Å². The average molecular weight is 329 g/mol. The summed E-state index contributed by atoms with van der Waals surface area (Å²) in [6.07, 6.45) is 1.42. The van der Waals surface area contributed by atoms with Gasteiger partial charge >= 0.3 is 0 Å². The highest BCUT2D eigenvalue weighted by molar-refractivity contribution is 5.94. The number of hydrogen-bond donors (Lipinski definition) is 2. The van der Waals surface area contributed by atoms with Crippen LogP contribution in [-0.2, 0) is 4.79 Å². The summed E-state index contributed by atoms with van der Waals surface area (Å²) in [5.41, 5.74) is 2.34. The summed E-state index contributed by atoms with van der Waals surface area (Å²) in [5.74, 6) is -0.431. The van der Waals surface area contributed by atoms with Gasteiger partial charge < -0.3 is 20.0 Å². The first-order valence-corrected chi connectivity index (χ1v) is 8.00. The Bertz CT molecular complexity index is 668. The molecule has 2 aromatic rings. The van der Waals surface area contributed by atoms with E-state index in [0.29, 0.717) is 13.1 Å². The van der Waals surface area contributed by atoms with Crippen molar-refractivity contribution in [1.82, 2.24) is 10.6 Å². The van der Waals surface area contributed by atoms with E-state index in [1.54, 1.807) is 12.1 Å². The van der Waals surface area contributed by atoms with Gasteiger partial charge in [0.2, 0.25) is 5.91 Å². The van der Waals surface area contributed by atoms with Crippen LogP contribution in [0.25, 0.3) is 0 Å². The van der Waals surface area contributed by atoms with Crippen LogP contribution in [0.3, 0.4) is 0 Å². The van der Waals surface area contributed by atoms with Gasteiger partial charge in [-0.3, -0.25) is 9.59 Å². The van der Waals surface area contributed by atoms with Crippen LogP contribution < -0.4 is 15.5 Å². The van der Waals surface area contributed by atoms with E-state index < -0.39 is 5.91 Å². The predicted octanol–water partition coefficient (Wildman–Crippen LogP) is 1.96. The normalized spacial score (nSPS) is 10.2. The molecule has 0 fully saturated rings. The number of nitrogens with zero attached hydrogens (tertiary/aromatic N) is 1. The highest BCUT2D eigenvalue weighted by Gasteiger charge is 2.10. The minimum absolute atomic E-state index is 0.0733. The SMILES string of the molecule is CCN(CCNC(=O)CNC(=O)c1ccco1)c1cccc(C)c1. The number of nitrogens with one attached hydrogen (secondary N) is 2. The smallest absolute Gasteiger partial charge is 0.287 e. The van der Waals surface area contributed by atoms with E-state index >= 15 is 0 Å². The van der Waals surface area contributed by atoms with Crippen LogP contribution in [-0.4, -0.2) is 38.0 Å². The third-order valence-electron chi connectivity index (χ3n) is 3.61. The molecule has 0 spiro atoms. The molecule has 6 heteroatoms. The van der Waals surface area contributed by atoms with Crippen molar-refractivity contribution >= 4 is 17.5 Å². The molecule has 6 nitrogen and oxygen atoms in total. The minimum atomic E-state index is -0.398. The molecule has 2 amide bonds. The molecule has 128 valence electrons. The lowest BCUT2D eigenvalue weighted by atomic mass is 10.2. The number of hydrogen-bond acceptors (Lipinski definition) is 4. The Morgan fingerprint density at radius 3 is 2.67 bits per heavy atom. The van der Waals surface area contributed by atoms with Crippen molar-refractivity contribution in [2.45, 2.75) is 13.8 Å². The van der Waals surface area contributed by atoms with Crippen molar-refractivity contribution in [2.24, 2.45) is 0 Å². The molecule has 1 aromatic heterocycles. The summed E-state index contributed by atoms with van der Waals surface area (Å²) in [5, 5.41) is 5.32. The molecule has 0 bridgehead atoms. The van der Waals surface area contributed by atoms with Gasteiger partial charge in [0.05, 0.1) is 12.8 Å². The Hall–Kier alpha value is -2.76. The summed E-state index contributed by atoms with van der Waals surface area (Å²) in [4.78, 5) is 25.7. The topological polar surface area (TPSA) is 74.6 Å². The second-order valence-corrected chi connectivity index (χ2v) is 5.43. The Balaban J connectivity index is 1.72. The van der Waals surface area contributed by atoms with Crippen molar-refractivity contribution < 1.29 is 14.0 Å². The molecule has 2 N–H and O–H groups in total. The van der Waals surface area contributed by atoms with E-state index in [0.717, 1.165) is 12.2 Å². The maximum atomic E-state index is 11.8. The van der Waals surface area contributed by atoms with Gasteiger partial charge in [0, 0.05) is 25.3 Å². The lowest BCUT2D eigenvalue weighted by molar-refractivity contribution is -0.120. The zero-order valence-electron chi connectivity index (χ0n) is 14.0. The first-order chi connectivity index (χ1) is 11.6. The minimum Gasteiger partial charge on any atom is -0.459 e. The fourth-order valence-corrected chi connectivity index (χ4v) is 2.34. The van der Waals surface area contributed by atoms with Crippen LogP contribution in [0.2, 0.25) is 0 Å². The van der Waals surface area contributed by atoms with Gasteiger partial charge in [-0.15, -0.1) is 0 Å². The van der Waals surface area contributed by atoms with Gasteiger partial charge in [-0.2, -0.15) is 0 Å². The molecule has 0 aliphatic rings. The largest absolute Gasteiger partial charge is 0.459 e. The number of carbonyl (C=O) groups is 2. The first-order valence-electron chi connectivity index (χ1n) is 8.00. The van der Waals surface area contributed by atoms with Crippen molar-refractivity contribution in [1.29, 1.82) is 0 Å². The zero-order valence-corrected chi connectivity index (χ0v) is 14.0. The summed E-state index contributed by atoms with van der Waals surface area (Å²) < 4.78 is 4.96. The van der Waals surface area contributed by atoms with Crippen molar-refractivity contribution in [3.63, 3.8) is 0 Å². The Labute approximate surface area is 141 Å². The molecule has 0 aliphatic heterocycles. The Morgan fingerprint density at radius 1 is 1.17 bits per heavy atom. The molecule has 24 heavy (non-hydrogen) atoms. The van der Waals surface area contributed by atoms with Gasteiger partial charge in [-0.05, 0) is 43.7 Å². The first kappa shape index (κ1) is 17.6. The van der Waals surface area contributed by atoms with E-state index in [-0.39, 0.29) is 18.2 Å². The van der Waals surface area contributed by atoms with Crippen LogP contribution in [0.4, 0.5) is 5.69 Å². The van der Waals surface area contributed by atoms with Gasteiger partial charge in [0.25, 0.3) is 5.91 Å². The molecule has 0 aliphatic carbocycles. The van der Waals surface area contributed by atoms with Crippen LogP contribution in [0, 0.1) is 6.92 Å². The van der Waals surface area contributed by atoms with Crippen molar-refractivity contribution in [3.8, 4) is 0 Å². The highest BCUT2D eigenvalue weighted by atomic mass is 16.3. The van der Waals surface area contributed by atoms with Crippen LogP contribution in [0.5, 0.6) is 0 Å². The highest BCUT2D eigenvalue weighted by Crippen LogP contribution is 2.14. The van der Waals surface area contributed by atoms with Crippen molar-refractivity contribution in [3.05, 3.63) is 54.0 Å². The fourth-order valence-electron chi connectivity index (χ4n) is 2.34. The second kappa shape index (κ2) is 8.76.